The molecule has 0 spiro atoms. The Morgan fingerprint density at radius 3 is 2.87 bits per heavy atom. The van der Waals surface area contributed by atoms with Crippen LogP contribution in [0.15, 0.2) is 29.4 Å². The maximum Gasteiger partial charge on any atom is 0.191 e. The van der Waals surface area contributed by atoms with Gasteiger partial charge in [0.1, 0.15) is 5.75 Å². The average Bonchev–Trinajstić information content (AvgIpc) is 3.40. The Balaban J connectivity index is 0.00000341. The molecule has 3 rings (SSSR count). The normalized spacial score (nSPS) is 16.1. The number of aromatic nitrogens is 2. The van der Waals surface area contributed by atoms with E-state index in [1.807, 2.05) is 6.20 Å². The van der Waals surface area contributed by atoms with E-state index in [1.54, 1.807) is 0 Å². The number of aryl methyl sites for hydroxylation is 3. The van der Waals surface area contributed by atoms with Crippen LogP contribution in [-0.2, 0) is 17.7 Å². The van der Waals surface area contributed by atoms with Crippen LogP contribution in [0.2, 0.25) is 0 Å². The Labute approximate surface area is 202 Å². The summed E-state index contributed by atoms with van der Waals surface area (Å²) in [5, 5.41) is 13.8. The number of aliphatic imine (C=N–C) groups is 1. The minimum atomic E-state index is 0. The number of hydrogen-bond donors (Lipinski definition) is 3. The molecule has 3 N–H and O–H groups in total. The fourth-order valence-electron chi connectivity index (χ4n) is 3.47. The molecule has 1 fully saturated rings. The van der Waals surface area contributed by atoms with Crippen molar-refractivity contribution in [2.24, 2.45) is 10.9 Å². The van der Waals surface area contributed by atoms with Gasteiger partial charge in [-0.1, -0.05) is 12.1 Å². The molecule has 172 valence electrons. The number of nitrogens with one attached hydrogen (secondary N) is 3. The first kappa shape index (κ1) is 25.5. The number of H-pyrrole nitrogens is 1. The largest absolute Gasteiger partial charge is 0.493 e. The van der Waals surface area contributed by atoms with Gasteiger partial charge in [0, 0.05) is 36.9 Å². The van der Waals surface area contributed by atoms with E-state index in [1.165, 1.54) is 11.1 Å². The lowest BCUT2D eigenvalue weighted by Crippen LogP contribution is -2.37. The van der Waals surface area contributed by atoms with Gasteiger partial charge in [-0.25, -0.2) is 4.99 Å². The molecule has 1 saturated heterocycles. The smallest absolute Gasteiger partial charge is 0.191 e. The Kier molecular flexibility index (Phi) is 11.1. The van der Waals surface area contributed by atoms with Crippen molar-refractivity contribution in [2.45, 2.75) is 46.6 Å². The van der Waals surface area contributed by atoms with Crippen LogP contribution in [0.5, 0.6) is 5.75 Å². The molecular formula is C23H36IN5O2. The highest BCUT2D eigenvalue weighted by Gasteiger charge is 2.17. The first-order valence-corrected chi connectivity index (χ1v) is 11.0. The number of hydrogen-bond acceptors (Lipinski definition) is 4. The second kappa shape index (κ2) is 13.6. The molecule has 0 saturated carbocycles. The van der Waals surface area contributed by atoms with Gasteiger partial charge in [-0.2, -0.15) is 5.10 Å². The highest BCUT2D eigenvalue weighted by atomic mass is 127. The van der Waals surface area contributed by atoms with Gasteiger partial charge >= 0.3 is 0 Å². The fourth-order valence-corrected chi connectivity index (χ4v) is 3.47. The maximum atomic E-state index is 6.15. The van der Waals surface area contributed by atoms with Crippen LogP contribution in [0.25, 0.3) is 0 Å². The zero-order chi connectivity index (χ0) is 21.2. The third-order valence-corrected chi connectivity index (χ3v) is 5.32. The van der Waals surface area contributed by atoms with Crippen molar-refractivity contribution >= 4 is 29.9 Å². The van der Waals surface area contributed by atoms with Crippen LogP contribution < -0.4 is 15.4 Å². The SMILES string of the molecule is CCNC(=NCc1ccc(C)cc1OCC1CCOC1)NCCCc1cn[nH]c1C.I. The van der Waals surface area contributed by atoms with Gasteiger partial charge < -0.3 is 20.1 Å². The van der Waals surface area contributed by atoms with Crippen LogP contribution >= 0.6 is 24.0 Å². The van der Waals surface area contributed by atoms with Crippen LogP contribution in [0.1, 0.15) is 42.1 Å². The minimum Gasteiger partial charge on any atom is -0.493 e. The Bertz CT molecular complexity index is 818. The Morgan fingerprint density at radius 1 is 1.29 bits per heavy atom. The van der Waals surface area contributed by atoms with Crippen LogP contribution in [-0.4, -0.2) is 49.1 Å². The third kappa shape index (κ3) is 8.33. The van der Waals surface area contributed by atoms with Crippen molar-refractivity contribution in [1.29, 1.82) is 0 Å². The molecule has 1 unspecified atom stereocenters. The van der Waals surface area contributed by atoms with Crippen molar-refractivity contribution in [2.75, 3.05) is 32.9 Å². The molecule has 1 aliphatic rings. The summed E-state index contributed by atoms with van der Waals surface area (Å²) in [6.45, 7) is 10.8. The average molecular weight is 541 g/mol. The second-order valence-electron chi connectivity index (χ2n) is 7.90. The molecule has 1 aromatic heterocycles. The van der Waals surface area contributed by atoms with Gasteiger partial charge in [-0.3, -0.25) is 5.10 Å². The van der Waals surface area contributed by atoms with E-state index in [0.29, 0.717) is 19.1 Å². The molecule has 1 aromatic carbocycles. The summed E-state index contributed by atoms with van der Waals surface area (Å²) in [4.78, 5) is 4.78. The van der Waals surface area contributed by atoms with Gasteiger partial charge in [-0.15, -0.1) is 24.0 Å². The molecule has 7 nitrogen and oxygen atoms in total. The predicted molar refractivity (Wildman–Crippen MR) is 135 cm³/mol. The van der Waals surface area contributed by atoms with Crippen molar-refractivity contribution in [3.05, 3.63) is 46.8 Å². The second-order valence-corrected chi connectivity index (χ2v) is 7.90. The van der Waals surface area contributed by atoms with E-state index >= 15 is 0 Å². The number of halogens is 1. The van der Waals surface area contributed by atoms with E-state index in [-0.39, 0.29) is 24.0 Å². The first-order valence-electron chi connectivity index (χ1n) is 11.0. The summed E-state index contributed by atoms with van der Waals surface area (Å²) in [6.07, 6.45) is 5.00. The van der Waals surface area contributed by atoms with Crippen LogP contribution in [0, 0.1) is 19.8 Å². The van der Waals surface area contributed by atoms with Gasteiger partial charge in [-0.05, 0) is 57.2 Å². The van der Waals surface area contributed by atoms with Gasteiger partial charge in [0.15, 0.2) is 5.96 Å². The number of benzene rings is 1. The molecular weight excluding hydrogens is 505 g/mol. The van der Waals surface area contributed by atoms with Crippen LogP contribution in [0.4, 0.5) is 0 Å². The van der Waals surface area contributed by atoms with Crippen LogP contribution in [0.3, 0.4) is 0 Å². The number of guanidine groups is 1. The van der Waals surface area contributed by atoms with Gasteiger partial charge in [0.2, 0.25) is 0 Å². The molecule has 8 heteroatoms. The summed E-state index contributed by atoms with van der Waals surface area (Å²) in [5.74, 6) is 2.24. The standard InChI is InChI=1S/C23H35N5O2.HI/c1-4-24-23(25-10-5-6-20-14-27-28-18(20)3)26-13-21-8-7-17(2)12-22(21)30-16-19-9-11-29-15-19;/h7-8,12,14,19H,4-6,9-11,13,15-16H2,1-3H3,(H,27,28)(H2,24,25,26);1H. The summed E-state index contributed by atoms with van der Waals surface area (Å²) in [6, 6.07) is 6.34. The molecule has 1 aliphatic heterocycles. The highest BCUT2D eigenvalue weighted by molar-refractivity contribution is 14.0. The van der Waals surface area contributed by atoms with Gasteiger partial charge in [0.25, 0.3) is 0 Å². The summed E-state index contributed by atoms with van der Waals surface area (Å²) in [5.41, 5.74) is 4.71. The van der Waals surface area contributed by atoms with E-state index in [4.69, 9.17) is 14.5 Å². The monoisotopic (exact) mass is 541 g/mol. The molecule has 1 atom stereocenters. The molecule has 0 amide bonds. The molecule has 2 heterocycles. The van der Waals surface area contributed by atoms with E-state index < -0.39 is 0 Å². The van der Waals surface area contributed by atoms with Crippen molar-refractivity contribution < 1.29 is 9.47 Å². The van der Waals surface area contributed by atoms with Crippen molar-refractivity contribution in [3.8, 4) is 5.75 Å². The number of nitrogens with zero attached hydrogens (tertiary/aromatic N) is 2. The predicted octanol–water partition coefficient (Wildman–Crippen LogP) is 3.75. The number of aromatic amines is 1. The zero-order valence-electron chi connectivity index (χ0n) is 18.9. The minimum absolute atomic E-state index is 0. The topological polar surface area (TPSA) is 83.6 Å². The quantitative estimate of drug-likeness (QED) is 0.185. The zero-order valence-corrected chi connectivity index (χ0v) is 21.2. The van der Waals surface area contributed by atoms with E-state index in [2.05, 4.69) is 59.8 Å². The van der Waals surface area contributed by atoms with Crippen molar-refractivity contribution in [1.82, 2.24) is 20.8 Å². The molecule has 2 aromatic rings. The number of rotatable bonds is 10. The van der Waals surface area contributed by atoms with E-state index in [0.717, 1.165) is 68.5 Å². The third-order valence-electron chi connectivity index (χ3n) is 5.32. The lowest BCUT2D eigenvalue weighted by Gasteiger charge is -2.15. The first-order chi connectivity index (χ1) is 14.7. The fraction of sp³-hybridized carbons (Fsp3) is 0.565. The Hall–Kier alpha value is -1.81. The molecule has 0 aliphatic carbocycles. The van der Waals surface area contributed by atoms with Gasteiger partial charge in [0.05, 0.1) is 26.0 Å². The lowest BCUT2D eigenvalue weighted by atomic mass is 10.1. The summed E-state index contributed by atoms with van der Waals surface area (Å²) in [7, 11) is 0. The maximum absolute atomic E-state index is 6.15. The summed E-state index contributed by atoms with van der Waals surface area (Å²) < 4.78 is 11.6. The number of ether oxygens (including phenoxy) is 2. The lowest BCUT2D eigenvalue weighted by molar-refractivity contribution is 0.166. The van der Waals surface area contributed by atoms with E-state index in [9.17, 15) is 0 Å². The molecule has 0 bridgehead atoms. The highest BCUT2D eigenvalue weighted by Crippen LogP contribution is 2.23. The summed E-state index contributed by atoms with van der Waals surface area (Å²) >= 11 is 0. The molecule has 0 radical (unpaired) electrons. The molecule has 31 heavy (non-hydrogen) atoms. The van der Waals surface area contributed by atoms with Crippen molar-refractivity contribution in [3.63, 3.8) is 0 Å². The Morgan fingerprint density at radius 2 is 2.16 bits per heavy atom.